The lowest BCUT2D eigenvalue weighted by molar-refractivity contribution is -0.138. The minimum Gasteiger partial charge on any atom is -0.481 e. The van der Waals surface area contributed by atoms with Gasteiger partial charge in [0.15, 0.2) is 11.6 Å². The molecule has 4 atom stereocenters. The third-order valence-corrected chi connectivity index (χ3v) is 23.0. The zero-order chi connectivity index (χ0) is 79.2. The zero-order valence-corrected chi connectivity index (χ0v) is 65.2. The highest BCUT2D eigenvalue weighted by Crippen LogP contribution is 2.43. The second-order valence-corrected chi connectivity index (χ2v) is 31.0. The number of carboxylic acids is 1. The maximum absolute atomic E-state index is 13.3. The molecule has 576 valence electrons. The van der Waals surface area contributed by atoms with Gasteiger partial charge in [-0.1, -0.05) is 105 Å². The van der Waals surface area contributed by atoms with Crippen molar-refractivity contribution in [3.8, 4) is 10.0 Å². The molecule has 6 aliphatic heterocycles. The van der Waals surface area contributed by atoms with Gasteiger partial charge in [0.25, 0.3) is 23.6 Å². The molecule has 0 spiro atoms. The number of hydrogen-bond donors (Lipinski definition) is 6. The summed E-state index contributed by atoms with van der Waals surface area (Å²) in [4.78, 5) is 164. The van der Waals surface area contributed by atoms with Gasteiger partial charge in [0.05, 0.1) is 57.9 Å². The van der Waals surface area contributed by atoms with E-state index >= 15 is 0 Å². The lowest BCUT2D eigenvalue weighted by Crippen LogP contribution is -2.54. The molecule has 0 radical (unpaired) electrons. The van der Waals surface area contributed by atoms with E-state index < -0.39 is 77.4 Å². The van der Waals surface area contributed by atoms with Crippen LogP contribution in [-0.2, 0) is 38.4 Å². The Morgan fingerprint density at radius 1 is 0.505 bits per heavy atom. The maximum atomic E-state index is 13.3. The molecule has 14 rings (SSSR count). The number of carboxylic acid groups (broad SMARTS) is 1. The summed E-state index contributed by atoms with van der Waals surface area (Å²) in [7, 11) is 0. The number of aliphatic imine (C=N–C) groups is 2. The minimum atomic E-state index is -1.09. The molecule has 6 N–H and O–H groups in total. The average Bonchev–Trinajstić information content (AvgIpc) is 1.61. The van der Waals surface area contributed by atoms with Crippen molar-refractivity contribution in [3.63, 3.8) is 0 Å². The normalized spacial score (nSPS) is 17.4. The monoisotopic (exact) mass is 1580 g/mol. The predicted octanol–water partition coefficient (Wildman–Crippen LogP) is 12.0. The van der Waals surface area contributed by atoms with Crippen molar-refractivity contribution in [1.82, 2.24) is 55.3 Å². The van der Waals surface area contributed by atoms with Crippen LogP contribution in [0.4, 0.5) is 11.4 Å². The van der Waals surface area contributed by atoms with Gasteiger partial charge in [-0.15, -0.1) is 43.1 Å². The first-order valence-electron chi connectivity index (χ1n) is 36.7. The Morgan fingerprint density at radius 3 is 1.33 bits per heavy atom. The Labute approximate surface area is 656 Å². The van der Waals surface area contributed by atoms with Gasteiger partial charge in [-0.25, -0.2) is 0 Å². The van der Waals surface area contributed by atoms with E-state index in [4.69, 9.17) is 33.2 Å². The van der Waals surface area contributed by atoms with E-state index in [9.17, 15) is 62.6 Å². The summed E-state index contributed by atoms with van der Waals surface area (Å²) in [5.41, 5.74) is 8.43. The molecular weight excluding hydrogens is 1500 g/mol. The van der Waals surface area contributed by atoms with Gasteiger partial charge in [0.1, 0.15) is 45.8 Å². The van der Waals surface area contributed by atoms with Crippen molar-refractivity contribution in [2.45, 2.75) is 182 Å². The number of halogens is 2. The van der Waals surface area contributed by atoms with Crippen molar-refractivity contribution in [1.29, 1.82) is 0 Å². The molecule has 8 aromatic rings. The number of aryl methyl sites for hydroxylation is 4. The minimum absolute atomic E-state index is 0.0167. The lowest BCUT2D eigenvalue weighted by Gasteiger charge is -2.27. The second-order valence-electron chi connectivity index (χ2n) is 27.7. The SMILES string of the molecule is CCCCCCCC(=O)Nc1cccc2c1C(=O)N(C1CCC(=O)NC1=O)C2=O.Cc1sc2c(c1C)C(c1ccc(Cl)cc1)=N[C@@H](CC(=O)NCCCCCCC(=O)Nc1cccc3c1C(=O)N(C1CCC(=O)NC1=O)C3=O)c1nnc(C)n1-2.Cc1sc2c(c1C)C(c1ccc(Cl)cc1)=N[C@@H](CC(=O)O)c1nnc(C)n1-2. The summed E-state index contributed by atoms with van der Waals surface area (Å²) < 4.78 is 3.96. The van der Waals surface area contributed by atoms with E-state index in [2.05, 4.69) is 81.6 Å². The topological polar surface area (TPSA) is 378 Å². The Hall–Kier alpha value is -11.1. The molecule has 4 aromatic heterocycles. The summed E-state index contributed by atoms with van der Waals surface area (Å²) in [6.45, 7) is 14.6. The fraction of sp³-hybridized carbons (Fsp3) is 0.367. The highest BCUT2D eigenvalue weighted by molar-refractivity contribution is 7.15. The number of thiophene rings is 2. The number of piperidine rings is 2. The number of anilines is 2. The average molecular weight is 1580 g/mol. The maximum Gasteiger partial charge on any atom is 0.306 e. The van der Waals surface area contributed by atoms with Gasteiger partial charge in [-0.05, 0) is 133 Å². The molecular formula is C79H81Cl2N15O13S2. The van der Waals surface area contributed by atoms with Gasteiger partial charge < -0.3 is 21.1 Å². The van der Waals surface area contributed by atoms with E-state index in [1.165, 1.54) is 17.0 Å². The Kier molecular flexibility index (Phi) is 24.7. The molecule has 28 nitrogen and oxygen atoms in total. The standard InChI is InChI=1S/C39H39ClN8O6S.C21H25N3O5.C19H17ClN4O2S/c1-20-21(2)55-39-32(20)34(23-12-14-24(40)15-13-23)43-27(35-46-45-22(3)47(35)39)19-31(51)41-18-7-5-4-6-11-29(49)42-26-10-8-9-25-33(26)38(54)48(37(25)53)28-16-17-30(50)44-36(28)52;1-2-3-4-5-6-10-16(25)22-14-9-7-8-13-18(14)21(29)24(20(13)28)15-11-12-17(26)23-19(15)27;1-9-10(2)27-19-16(9)17(12-4-6-13(20)7-5-12)21-14(8-15(25)26)18-23-22-11(3)24(18)19/h8-10,12-15,27-28H,4-7,11,16-19H2,1-3H3,(H,41,51)(H,42,49)(H,44,50,52);7-9,15H,2-6,10-12H2,1H3,(H,22,25)(H,23,26,27);4-7,14H,8H2,1-3H3,(H,25,26)/t27-,28?;;14-/m0.0/s1. The number of rotatable bonds is 23. The van der Waals surface area contributed by atoms with Crippen LogP contribution in [0, 0.1) is 41.5 Å². The number of nitrogens with one attached hydrogen (secondary N) is 5. The molecule has 2 saturated heterocycles. The van der Waals surface area contributed by atoms with Crippen LogP contribution in [0.2, 0.25) is 10.0 Å². The van der Waals surface area contributed by atoms with E-state index in [1.54, 1.807) is 46.9 Å². The number of nitrogens with zero attached hydrogens (tertiary/aromatic N) is 10. The number of carbonyl (C=O) groups is 12. The van der Waals surface area contributed by atoms with Crippen LogP contribution in [0.5, 0.6) is 0 Å². The van der Waals surface area contributed by atoms with Gasteiger partial charge in [-0.2, -0.15) is 0 Å². The first kappa shape index (κ1) is 79.5. The van der Waals surface area contributed by atoms with Gasteiger partial charge in [0, 0.05) is 74.3 Å². The van der Waals surface area contributed by atoms with Crippen LogP contribution < -0.4 is 26.6 Å². The van der Waals surface area contributed by atoms with Crippen LogP contribution in [0.1, 0.15) is 236 Å². The van der Waals surface area contributed by atoms with Crippen LogP contribution in [0.15, 0.2) is 94.9 Å². The quantitative estimate of drug-likeness (QED) is 0.0256. The Morgan fingerprint density at radius 2 is 0.919 bits per heavy atom. The van der Waals surface area contributed by atoms with Crippen LogP contribution in [-0.4, -0.2) is 145 Å². The molecule has 2 fully saturated rings. The van der Waals surface area contributed by atoms with Crippen LogP contribution in [0.25, 0.3) is 10.0 Å². The van der Waals surface area contributed by atoms with Crippen molar-refractivity contribution < 1.29 is 62.6 Å². The molecule has 0 bridgehead atoms. The molecule has 10 heterocycles. The number of hydrogen-bond acceptors (Lipinski definition) is 20. The zero-order valence-electron chi connectivity index (χ0n) is 62.0. The summed E-state index contributed by atoms with van der Waals surface area (Å²) in [5.74, 6) is -3.77. The molecule has 0 saturated carbocycles. The smallest absolute Gasteiger partial charge is 0.306 e. The van der Waals surface area contributed by atoms with E-state index in [0.29, 0.717) is 47.5 Å². The summed E-state index contributed by atoms with van der Waals surface area (Å²) in [6, 6.07) is 21.0. The van der Waals surface area contributed by atoms with Gasteiger partial charge in [0.2, 0.25) is 41.4 Å². The molecule has 6 aliphatic rings. The van der Waals surface area contributed by atoms with Crippen LogP contribution in [0.3, 0.4) is 0 Å². The number of unbranched alkanes of at least 4 members (excludes halogenated alkanes) is 7. The largest absolute Gasteiger partial charge is 0.481 e. The van der Waals surface area contributed by atoms with Crippen molar-refractivity contribution in [2.75, 3.05) is 17.2 Å². The van der Waals surface area contributed by atoms with Crippen LogP contribution >= 0.6 is 45.9 Å². The number of fused-ring (bicyclic) bond motifs is 8. The highest BCUT2D eigenvalue weighted by Gasteiger charge is 2.48. The molecule has 2 unspecified atom stereocenters. The highest BCUT2D eigenvalue weighted by atomic mass is 35.5. The second kappa shape index (κ2) is 34.5. The van der Waals surface area contributed by atoms with Crippen molar-refractivity contribution >= 4 is 140 Å². The summed E-state index contributed by atoms with van der Waals surface area (Å²) >= 11 is 15.6. The molecule has 111 heavy (non-hydrogen) atoms. The number of carbonyl (C=O) groups excluding carboxylic acids is 11. The van der Waals surface area contributed by atoms with Crippen molar-refractivity contribution in [3.05, 3.63) is 184 Å². The Bertz CT molecular complexity index is 5170. The third-order valence-electron chi connectivity index (χ3n) is 20.1. The fourth-order valence-corrected chi connectivity index (χ4v) is 16.9. The summed E-state index contributed by atoms with van der Waals surface area (Å²) in [5, 5.41) is 42.7. The van der Waals surface area contributed by atoms with Gasteiger partial charge >= 0.3 is 5.97 Å². The van der Waals surface area contributed by atoms with E-state index in [0.717, 1.165) is 126 Å². The number of amides is 11. The molecule has 11 amide bonds. The lowest BCUT2D eigenvalue weighted by atomic mass is 9.99. The number of imide groups is 4. The number of aromatic nitrogens is 6. The fourth-order valence-electron chi connectivity index (χ4n) is 14.2. The number of aliphatic carboxylic acids is 1. The summed E-state index contributed by atoms with van der Waals surface area (Å²) in [6.07, 6.45) is 8.55. The number of benzene rings is 4. The molecule has 0 aliphatic carbocycles. The Balaban J connectivity index is 0.000000171. The van der Waals surface area contributed by atoms with Gasteiger partial charge in [-0.3, -0.25) is 97.1 Å². The van der Waals surface area contributed by atoms with Crippen molar-refractivity contribution in [2.24, 2.45) is 9.98 Å². The van der Waals surface area contributed by atoms with E-state index in [-0.39, 0.29) is 96.3 Å². The molecule has 32 heteroatoms. The first-order valence-corrected chi connectivity index (χ1v) is 39.1. The van der Waals surface area contributed by atoms with E-state index in [1.807, 2.05) is 71.5 Å². The third kappa shape index (κ3) is 17.0. The first-order chi connectivity index (χ1) is 53.2. The molecule has 4 aromatic carbocycles. The predicted molar refractivity (Wildman–Crippen MR) is 416 cm³/mol.